The zero-order valence-electron chi connectivity index (χ0n) is 26.0. The van der Waals surface area contributed by atoms with Gasteiger partial charge in [0.1, 0.15) is 6.10 Å². The smallest absolute Gasteiger partial charge is 0.306 e. The summed E-state index contributed by atoms with van der Waals surface area (Å²) in [6.07, 6.45) is 36.3. The van der Waals surface area contributed by atoms with Gasteiger partial charge >= 0.3 is 5.97 Å². The molecule has 0 saturated heterocycles. The lowest BCUT2D eigenvalue weighted by atomic mass is 9.91. The van der Waals surface area contributed by atoms with Gasteiger partial charge in [-0.15, -0.1) is 0 Å². The number of aliphatic hydroxyl groups is 1. The lowest BCUT2D eigenvalue weighted by molar-refractivity contribution is -0.152. The van der Waals surface area contributed by atoms with E-state index in [1.165, 1.54) is 154 Å². The minimum Gasteiger partial charge on any atom is -0.462 e. The van der Waals surface area contributed by atoms with Crippen molar-refractivity contribution in [3.05, 3.63) is 0 Å². The van der Waals surface area contributed by atoms with Crippen LogP contribution in [0.4, 0.5) is 0 Å². The van der Waals surface area contributed by atoms with E-state index in [0.29, 0.717) is 12.3 Å². The molecule has 1 aliphatic rings. The highest BCUT2D eigenvalue weighted by Crippen LogP contribution is 2.26. The fourth-order valence-corrected chi connectivity index (χ4v) is 6.18. The Labute approximate surface area is 238 Å². The number of unbranched alkanes of at least 4 members (excludes halogenated alkanes) is 20. The number of carbonyl (C=O) groups is 1. The predicted octanol–water partition coefficient (Wildman–Crippen LogP) is 11.2. The first-order chi connectivity index (χ1) is 18.7. The van der Waals surface area contributed by atoms with Crippen LogP contribution in [-0.2, 0) is 9.53 Å². The van der Waals surface area contributed by atoms with Gasteiger partial charge in [0.2, 0.25) is 0 Å². The molecule has 3 heteroatoms. The van der Waals surface area contributed by atoms with Crippen LogP contribution in [0.5, 0.6) is 0 Å². The van der Waals surface area contributed by atoms with Gasteiger partial charge in [0.15, 0.2) is 0 Å². The number of hydrogen-bond donors (Lipinski definition) is 1. The molecule has 0 aromatic carbocycles. The Morgan fingerprint density at radius 1 is 0.579 bits per heavy atom. The molecule has 3 nitrogen and oxygen atoms in total. The molecule has 1 saturated carbocycles. The third kappa shape index (κ3) is 22.3. The van der Waals surface area contributed by atoms with Crippen molar-refractivity contribution in [3.63, 3.8) is 0 Å². The lowest BCUT2D eigenvalue weighted by Gasteiger charge is -2.26. The summed E-state index contributed by atoms with van der Waals surface area (Å²) in [4.78, 5) is 12.7. The lowest BCUT2D eigenvalue weighted by Crippen LogP contribution is -2.27. The highest BCUT2D eigenvalue weighted by Gasteiger charge is 2.23. The van der Waals surface area contributed by atoms with E-state index in [0.717, 1.165) is 25.7 Å². The average Bonchev–Trinajstić information content (AvgIpc) is 2.91. The first-order valence-corrected chi connectivity index (χ1v) is 17.5. The summed E-state index contributed by atoms with van der Waals surface area (Å²) >= 11 is 0. The highest BCUT2D eigenvalue weighted by atomic mass is 16.5. The zero-order chi connectivity index (χ0) is 27.5. The molecular formula is C35H68O3. The molecule has 1 N–H and O–H groups in total. The van der Waals surface area contributed by atoms with Crippen LogP contribution >= 0.6 is 0 Å². The van der Waals surface area contributed by atoms with Crippen molar-refractivity contribution in [2.24, 2.45) is 5.92 Å². The van der Waals surface area contributed by atoms with Gasteiger partial charge in [0.25, 0.3) is 0 Å². The quantitative estimate of drug-likeness (QED) is 0.0838. The van der Waals surface area contributed by atoms with Gasteiger partial charge in [0, 0.05) is 6.42 Å². The van der Waals surface area contributed by atoms with E-state index in [9.17, 15) is 9.90 Å². The Morgan fingerprint density at radius 2 is 0.921 bits per heavy atom. The van der Waals surface area contributed by atoms with Crippen molar-refractivity contribution in [2.45, 2.75) is 212 Å². The van der Waals surface area contributed by atoms with E-state index in [2.05, 4.69) is 13.8 Å². The van der Waals surface area contributed by atoms with Crippen molar-refractivity contribution in [1.29, 1.82) is 0 Å². The topological polar surface area (TPSA) is 46.5 Å². The first kappa shape index (κ1) is 35.5. The maximum atomic E-state index is 12.7. The second kappa shape index (κ2) is 26.6. The summed E-state index contributed by atoms with van der Waals surface area (Å²) in [7, 11) is 0. The molecule has 0 heterocycles. The fourth-order valence-electron chi connectivity index (χ4n) is 6.18. The normalized spacial score (nSPS) is 18.5. The second-order valence-electron chi connectivity index (χ2n) is 12.6. The molecule has 0 radical (unpaired) electrons. The number of ether oxygens (including phenoxy) is 1. The molecule has 0 aliphatic heterocycles. The molecule has 1 fully saturated rings. The summed E-state index contributed by atoms with van der Waals surface area (Å²) in [5.74, 6) is 0.510. The van der Waals surface area contributed by atoms with Crippen LogP contribution < -0.4 is 0 Å². The number of carbonyl (C=O) groups excluding carboxylic acids is 1. The van der Waals surface area contributed by atoms with E-state index in [1.807, 2.05) is 0 Å². The van der Waals surface area contributed by atoms with Crippen molar-refractivity contribution in [2.75, 3.05) is 0 Å². The van der Waals surface area contributed by atoms with Crippen LogP contribution in [0.1, 0.15) is 200 Å². The van der Waals surface area contributed by atoms with Crippen LogP contribution in [0.25, 0.3) is 0 Å². The van der Waals surface area contributed by atoms with E-state index in [1.54, 1.807) is 0 Å². The van der Waals surface area contributed by atoms with E-state index in [4.69, 9.17) is 4.74 Å². The molecule has 0 aromatic rings. The number of rotatable bonds is 27. The molecule has 0 spiro atoms. The van der Waals surface area contributed by atoms with Crippen LogP contribution in [0, 0.1) is 5.92 Å². The molecule has 1 rings (SSSR count). The Hall–Kier alpha value is -0.570. The van der Waals surface area contributed by atoms with Gasteiger partial charge in [-0.05, 0) is 44.4 Å². The summed E-state index contributed by atoms with van der Waals surface area (Å²) in [5.41, 5.74) is 0. The molecule has 38 heavy (non-hydrogen) atoms. The minimum absolute atomic E-state index is 0.0161. The molecule has 1 atom stereocenters. The molecule has 226 valence electrons. The second-order valence-corrected chi connectivity index (χ2v) is 12.6. The number of hydrogen-bond acceptors (Lipinski definition) is 3. The monoisotopic (exact) mass is 537 g/mol. The van der Waals surface area contributed by atoms with Gasteiger partial charge in [-0.25, -0.2) is 0 Å². The average molecular weight is 537 g/mol. The largest absolute Gasteiger partial charge is 0.462 e. The fraction of sp³-hybridized carbons (Fsp3) is 0.971. The van der Waals surface area contributed by atoms with E-state index < -0.39 is 0 Å². The predicted molar refractivity (Wildman–Crippen MR) is 165 cm³/mol. The van der Waals surface area contributed by atoms with E-state index >= 15 is 0 Å². The molecule has 1 aliphatic carbocycles. The highest BCUT2D eigenvalue weighted by molar-refractivity contribution is 5.69. The van der Waals surface area contributed by atoms with Crippen molar-refractivity contribution < 1.29 is 14.6 Å². The molecule has 0 amide bonds. The summed E-state index contributed by atoms with van der Waals surface area (Å²) in [6, 6.07) is 0. The van der Waals surface area contributed by atoms with Crippen LogP contribution in [0.15, 0.2) is 0 Å². The minimum atomic E-state index is -0.195. The number of aliphatic hydroxyl groups excluding tert-OH is 1. The van der Waals surface area contributed by atoms with Gasteiger partial charge in [-0.1, -0.05) is 155 Å². The summed E-state index contributed by atoms with van der Waals surface area (Å²) < 4.78 is 5.83. The van der Waals surface area contributed by atoms with Crippen molar-refractivity contribution in [1.82, 2.24) is 0 Å². The first-order valence-electron chi connectivity index (χ1n) is 17.5. The van der Waals surface area contributed by atoms with Gasteiger partial charge in [-0.3, -0.25) is 4.79 Å². The summed E-state index contributed by atoms with van der Waals surface area (Å²) in [6.45, 7) is 4.57. The van der Waals surface area contributed by atoms with Gasteiger partial charge in [0.05, 0.1) is 6.10 Å². The maximum Gasteiger partial charge on any atom is 0.306 e. The number of esters is 1. The third-order valence-corrected chi connectivity index (χ3v) is 8.83. The molecular weight excluding hydrogens is 468 g/mol. The Morgan fingerprint density at radius 3 is 1.29 bits per heavy atom. The van der Waals surface area contributed by atoms with Crippen molar-refractivity contribution >= 4 is 5.97 Å². The Bertz CT molecular complexity index is 497. The summed E-state index contributed by atoms with van der Waals surface area (Å²) in [5, 5.41) is 9.73. The van der Waals surface area contributed by atoms with Crippen LogP contribution in [0.2, 0.25) is 0 Å². The molecule has 0 aromatic heterocycles. The Balaban J connectivity index is 2.18. The van der Waals surface area contributed by atoms with E-state index in [-0.39, 0.29) is 18.2 Å². The SMILES string of the molecule is CCCCCCCCCCCCCCC(CCCCCCCCCCCC)CC(=O)OC1CCC(O)CC1. The van der Waals surface area contributed by atoms with Crippen molar-refractivity contribution in [3.8, 4) is 0 Å². The van der Waals surface area contributed by atoms with Gasteiger partial charge < -0.3 is 9.84 Å². The Kier molecular flexibility index (Phi) is 24.9. The maximum absolute atomic E-state index is 12.7. The van der Waals surface area contributed by atoms with Crippen LogP contribution in [0.3, 0.4) is 0 Å². The standard InChI is InChI=1S/C35H68O3/c1-3-5-7-9-11-13-15-16-18-20-22-24-26-32(25-23-21-19-17-14-12-10-8-6-4-2)31-35(37)38-34-29-27-33(36)28-30-34/h32-34,36H,3-31H2,1-2H3. The zero-order valence-corrected chi connectivity index (χ0v) is 26.0. The van der Waals surface area contributed by atoms with Crippen LogP contribution in [-0.4, -0.2) is 23.3 Å². The molecule has 0 bridgehead atoms. The molecule has 1 unspecified atom stereocenters. The third-order valence-electron chi connectivity index (χ3n) is 8.83. The van der Waals surface area contributed by atoms with Gasteiger partial charge in [-0.2, -0.15) is 0 Å².